The van der Waals surface area contributed by atoms with Crippen LogP contribution in [-0.4, -0.2) is 9.66 Å². The van der Waals surface area contributed by atoms with Crippen molar-refractivity contribution in [2.45, 2.75) is 26.7 Å². The second kappa shape index (κ2) is 4.13. The third kappa shape index (κ3) is 1.86. The number of hydrogen-bond acceptors (Lipinski definition) is 3. The van der Waals surface area contributed by atoms with Crippen LogP contribution < -0.4 is 11.6 Å². The summed E-state index contributed by atoms with van der Waals surface area (Å²) >= 11 is 0. The molecule has 0 spiro atoms. The molecule has 0 fully saturated rings. The van der Waals surface area contributed by atoms with Gasteiger partial charge in [0.1, 0.15) is 11.5 Å². The summed E-state index contributed by atoms with van der Waals surface area (Å²) in [5.74, 6) is 7.49. The Hall–Kier alpha value is -1.97. The zero-order valence-corrected chi connectivity index (χ0v) is 10.4. The van der Waals surface area contributed by atoms with Gasteiger partial charge in [-0.25, -0.2) is 9.66 Å². The van der Waals surface area contributed by atoms with Crippen LogP contribution in [0.1, 0.15) is 31.2 Å². The number of imidazole rings is 1. The number of anilines is 1. The molecule has 0 unspecified atom stereocenters. The minimum Gasteiger partial charge on any atom is -0.382 e. The highest BCUT2D eigenvalue weighted by Crippen LogP contribution is 2.29. The van der Waals surface area contributed by atoms with E-state index in [2.05, 4.69) is 4.98 Å². The first kappa shape index (κ1) is 11.5. The number of nitrogen functional groups attached to an aromatic ring is 2. The summed E-state index contributed by atoms with van der Waals surface area (Å²) in [6.45, 7) is 6.14. The maximum atomic E-state index is 6.02. The molecule has 4 heteroatoms. The van der Waals surface area contributed by atoms with Crippen molar-refractivity contribution in [1.29, 1.82) is 0 Å². The van der Waals surface area contributed by atoms with Crippen LogP contribution in [-0.2, 0) is 0 Å². The van der Waals surface area contributed by atoms with Crippen molar-refractivity contribution in [3.05, 3.63) is 35.7 Å². The van der Waals surface area contributed by atoms with Crippen molar-refractivity contribution in [1.82, 2.24) is 9.66 Å². The second-order valence-electron chi connectivity index (χ2n) is 4.54. The van der Waals surface area contributed by atoms with Crippen LogP contribution in [0.5, 0.6) is 0 Å². The molecule has 0 bridgehead atoms. The van der Waals surface area contributed by atoms with E-state index in [1.807, 2.05) is 45.0 Å². The number of benzene rings is 1. The fraction of sp³-hybridized carbons (Fsp3) is 0.308. The molecule has 0 aliphatic rings. The number of aromatic nitrogens is 2. The van der Waals surface area contributed by atoms with Crippen molar-refractivity contribution in [3.63, 3.8) is 0 Å². The van der Waals surface area contributed by atoms with Gasteiger partial charge in [0, 0.05) is 11.5 Å². The normalized spacial score (nSPS) is 11.1. The Morgan fingerprint density at radius 1 is 1.24 bits per heavy atom. The molecular weight excluding hydrogens is 212 g/mol. The third-order valence-corrected chi connectivity index (χ3v) is 2.89. The summed E-state index contributed by atoms with van der Waals surface area (Å²) < 4.78 is 1.48. The van der Waals surface area contributed by atoms with Gasteiger partial charge in [0.05, 0.1) is 0 Å². The smallest absolute Gasteiger partial charge is 0.150 e. The quantitative estimate of drug-likeness (QED) is 0.777. The molecule has 0 aliphatic heterocycles. The van der Waals surface area contributed by atoms with Crippen LogP contribution in [0.15, 0.2) is 24.3 Å². The maximum absolute atomic E-state index is 6.02. The van der Waals surface area contributed by atoms with Crippen molar-refractivity contribution in [3.8, 4) is 11.3 Å². The van der Waals surface area contributed by atoms with Gasteiger partial charge in [-0.15, -0.1) is 0 Å². The first-order valence-electron chi connectivity index (χ1n) is 5.71. The van der Waals surface area contributed by atoms with Crippen LogP contribution in [0.2, 0.25) is 0 Å². The van der Waals surface area contributed by atoms with Crippen molar-refractivity contribution < 1.29 is 0 Å². The van der Waals surface area contributed by atoms with Gasteiger partial charge in [0.15, 0.2) is 5.82 Å². The first-order valence-corrected chi connectivity index (χ1v) is 5.71. The molecule has 0 radical (unpaired) electrons. The molecule has 0 atom stereocenters. The molecule has 4 N–H and O–H groups in total. The maximum Gasteiger partial charge on any atom is 0.150 e. The van der Waals surface area contributed by atoms with E-state index < -0.39 is 0 Å². The molecule has 0 saturated carbocycles. The Morgan fingerprint density at radius 2 is 1.88 bits per heavy atom. The molecule has 0 aliphatic carbocycles. The fourth-order valence-corrected chi connectivity index (χ4v) is 1.91. The average molecular weight is 230 g/mol. The monoisotopic (exact) mass is 230 g/mol. The van der Waals surface area contributed by atoms with E-state index in [0.717, 1.165) is 22.6 Å². The Bertz CT molecular complexity index is 540. The van der Waals surface area contributed by atoms with E-state index in [9.17, 15) is 0 Å². The molecule has 1 aromatic carbocycles. The standard InChI is InChI=1S/C13H18N4/c1-8(2)13-16-11(12(14)17(13)15)10-7-5-4-6-9(10)3/h4-8H,14-15H2,1-3H3. The Morgan fingerprint density at radius 3 is 2.41 bits per heavy atom. The fourth-order valence-electron chi connectivity index (χ4n) is 1.91. The molecule has 1 aromatic heterocycles. The Balaban J connectivity index is 2.61. The summed E-state index contributed by atoms with van der Waals surface area (Å²) in [5, 5.41) is 0. The molecule has 1 heterocycles. The summed E-state index contributed by atoms with van der Waals surface area (Å²) in [5.41, 5.74) is 8.97. The van der Waals surface area contributed by atoms with Crippen LogP contribution in [0.4, 0.5) is 5.82 Å². The summed E-state index contributed by atoms with van der Waals surface area (Å²) in [6.07, 6.45) is 0. The van der Waals surface area contributed by atoms with Crippen LogP contribution in [0.25, 0.3) is 11.3 Å². The summed E-state index contributed by atoms with van der Waals surface area (Å²) in [6, 6.07) is 8.03. The van der Waals surface area contributed by atoms with E-state index in [4.69, 9.17) is 11.6 Å². The SMILES string of the molecule is Cc1ccccc1-c1nc(C(C)C)n(N)c1N. The number of rotatable bonds is 2. The molecule has 2 aromatic rings. The molecule has 2 rings (SSSR count). The zero-order chi connectivity index (χ0) is 12.6. The molecule has 0 saturated heterocycles. The third-order valence-electron chi connectivity index (χ3n) is 2.89. The second-order valence-corrected chi connectivity index (χ2v) is 4.54. The molecular formula is C13H18N4. The Kier molecular flexibility index (Phi) is 2.79. The number of nitrogens with zero attached hydrogens (tertiary/aromatic N) is 2. The lowest BCUT2D eigenvalue weighted by Gasteiger charge is -2.04. The van der Waals surface area contributed by atoms with Gasteiger partial charge in [-0.05, 0) is 12.5 Å². The number of hydrogen-bond donors (Lipinski definition) is 2. The van der Waals surface area contributed by atoms with E-state index >= 15 is 0 Å². The molecule has 4 nitrogen and oxygen atoms in total. The number of nitrogens with two attached hydrogens (primary N) is 2. The molecule has 0 amide bonds. The van der Waals surface area contributed by atoms with Gasteiger partial charge in [0.25, 0.3) is 0 Å². The minimum atomic E-state index is 0.250. The predicted octanol–water partition coefficient (Wildman–Crippen LogP) is 2.28. The summed E-state index contributed by atoms with van der Waals surface area (Å²) in [7, 11) is 0. The lowest BCUT2D eigenvalue weighted by atomic mass is 10.1. The van der Waals surface area contributed by atoms with Crippen molar-refractivity contribution in [2.75, 3.05) is 11.6 Å². The number of aryl methyl sites for hydroxylation is 1. The first-order chi connectivity index (χ1) is 8.02. The van der Waals surface area contributed by atoms with Gasteiger partial charge in [-0.1, -0.05) is 38.1 Å². The minimum absolute atomic E-state index is 0.250. The molecule has 17 heavy (non-hydrogen) atoms. The van der Waals surface area contributed by atoms with Crippen molar-refractivity contribution in [2.24, 2.45) is 0 Å². The van der Waals surface area contributed by atoms with Crippen molar-refractivity contribution >= 4 is 5.82 Å². The molecule has 90 valence electrons. The van der Waals surface area contributed by atoms with E-state index in [1.54, 1.807) is 0 Å². The Labute approximate surface area is 101 Å². The van der Waals surface area contributed by atoms with Crippen LogP contribution in [0.3, 0.4) is 0 Å². The lowest BCUT2D eigenvalue weighted by molar-refractivity contribution is 0.739. The summed E-state index contributed by atoms with van der Waals surface area (Å²) in [4.78, 5) is 4.55. The predicted molar refractivity (Wildman–Crippen MR) is 71.1 cm³/mol. The van der Waals surface area contributed by atoms with Gasteiger partial charge >= 0.3 is 0 Å². The van der Waals surface area contributed by atoms with E-state index in [-0.39, 0.29) is 5.92 Å². The lowest BCUT2D eigenvalue weighted by Crippen LogP contribution is -2.16. The highest BCUT2D eigenvalue weighted by molar-refractivity contribution is 5.73. The van der Waals surface area contributed by atoms with Gasteiger partial charge in [-0.2, -0.15) is 0 Å². The van der Waals surface area contributed by atoms with Crippen LogP contribution in [0, 0.1) is 6.92 Å². The largest absolute Gasteiger partial charge is 0.382 e. The zero-order valence-electron chi connectivity index (χ0n) is 10.4. The van der Waals surface area contributed by atoms with Gasteiger partial charge < -0.3 is 11.6 Å². The van der Waals surface area contributed by atoms with E-state index in [1.165, 1.54) is 4.68 Å². The topological polar surface area (TPSA) is 69.9 Å². The average Bonchev–Trinajstić information content (AvgIpc) is 2.57. The van der Waals surface area contributed by atoms with Gasteiger partial charge in [-0.3, -0.25) is 0 Å². The van der Waals surface area contributed by atoms with Gasteiger partial charge in [0.2, 0.25) is 0 Å². The van der Waals surface area contributed by atoms with E-state index in [0.29, 0.717) is 5.82 Å². The van der Waals surface area contributed by atoms with Crippen LogP contribution >= 0.6 is 0 Å². The highest BCUT2D eigenvalue weighted by atomic mass is 15.4. The highest BCUT2D eigenvalue weighted by Gasteiger charge is 2.17.